The second-order valence-corrected chi connectivity index (χ2v) is 6.62. The summed E-state index contributed by atoms with van der Waals surface area (Å²) in [6.07, 6.45) is 3.41. The Morgan fingerprint density at radius 1 is 1.14 bits per heavy atom. The molecule has 2 aromatic rings. The summed E-state index contributed by atoms with van der Waals surface area (Å²) in [6.45, 7) is 5.06. The van der Waals surface area contributed by atoms with Gasteiger partial charge in [-0.1, -0.05) is 12.1 Å². The van der Waals surface area contributed by atoms with Crippen LogP contribution in [0.5, 0.6) is 0 Å². The summed E-state index contributed by atoms with van der Waals surface area (Å²) in [5.74, 6) is 0.835. The standard InChI is InChI=1S/C19H19N5O3.ClH/c25-18-15(12-23-7-9-24(10-8-23)19-20-5-6-21-19)22-17(27-18)14-3-1-2-13-4-11-26-16(13)14;/h1-4,11-12H,5-10H2,(H,20,21);1H. The molecule has 5 rings (SSSR count). The highest BCUT2D eigenvalue weighted by Gasteiger charge is 2.28. The third-order valence-corrected chi connectivity index (χ3v) is 4.91. The first kappa shape index (κ1) is 18.4. The predicted molar refractivity (Wildman–Crippen MR) is 108 cm³/mol. The minimum absolute atomic E-state index is 0. The molecule has 0 atom stereocenters. The fraction of sp³-hybridized carbons (Fsp3) is 0.316. The average molecular weight is 402 g/mol. The largest absolute Gasteiger partial charge is 0.464 e. The number of nitrogens with one attached hydrogen (secondary N) is 1. The lowest BCUT2D eigenvalue weighted by atomic mass is 10.1. The Hall–Kier alpha value is -3.00. The molecule has 1 saturated heterocycles. The van der Waals surface area contributed by atoms with Crippen molar-refractivity contribution in [2.75, 3.05) is 39.3 Å². The first-order chi connectivity index (χ1) is 13.3. The van der Waals surface area contributed by atoms with Crippen LogP contribution in [0.2, 0.25) is 0 Å². The summed E-state index contributed by atoms with van der Waals surface area (Å²) < 4.78 is 10.9. The molecule has 0 bridgehead atoms. The van der Waals surface area contributed by atoms with Crippen LogP contribution >= 0.6 is 12.4 Å². The van der Waals surface area contributed by atoms with Gasteiger partial charge in [0.25, 0.3) is 0 Å². The number of halogens is 1. The van der Waals surface area contributed by atoms with Gasteiger partial charge in [-0.3, -0.25) is 4.99 Å². The number of benzene rings is 1. The number of nitrogens with zero attached hydrogens (tertiary/aromatic N) is 4. The summed E-state index contributed by atoms with van der Waals surface area (Å²) in [5.41, 5.74) is 1.67. The Balaban J connectivity index is 0.00000192. The maximum atomic E-state index is 12.3. The molecule has 146 valence electrons. The number of carbonyl (C=O) groups is 1. The van der Waals surface area contributed by atoms with Gasteiger partial charge >= 0.3 is 5.97 Å². The zero-order valence-corrected chi connectivity index (χ0v) is 15.9. The van der Waals surface area contributed by atoms with Gasteiger partial charge in [0.2, 0.25) is 5.90 Å². The van der Waals surface area contributed by atoms with E-state index in [4.69, 9.17) is 9.15 Å². The SMILES string of the molecule is Cl.O=C1OC(c2cccc3ccoc23)=NC1=CN1CCN(C2=NCCN2)CC1. The Labute approximate surface area is 168 Å². The van der Waals surface area contributed by atoms with Crippen LogP contribution in [-0.2, 0) is 9.53 Å². The number of carbonyl (C=O) groups excluding carboxylic acids is 1. The number of hydrogen-bond acceptors (Lipinski definition) is 8. The number of rotatable bonds is 2. The number of guanidine groups is 1. The monoisotopic (exact) mass is 401 g/mol. The van der Waals surface area contributed by atoms with Crippen LogP contribution in [0.25, 0.3) is 11.0 Å². The van der Waals surface area contributed by atoms with Crippen LogP contribution < -0.4 is 5.32 Å². The van der Waals surface area contributed by atoms with Gasteiger partial charge in [-0.2, -0.15) is 0 Å². The van der Waals surface area contributed by atoms with E-state index in [9.17, 15) is 4.79 Å². The molecule has 3 aliphatic rings. The second-order valence-electron chi connectivity index (χ2n) is 6.62. The molecular formula is C19H20ClN5O3. The van der Waals surface area contributed by atoms with E-state index in [0.717, 1.165) is 50.6 Å². The van der Waals surface area contributed by atoms with Crippen molar-refractivity contribution < 1.29 is 13.9 Å². The van der Waals surface area contributed by atoms with E-state index >= 15 is 0 Å². The number of cyclic esters (lactones) is 1. The minimum atomic E-state index is -0.433. The Morgan fingerprint density at radius 3 is 2.79 bits per heavy atom. The third-order valence-electron chi connectivity index (χ3n) is 4.91. The smallest absolute Gasteiger partial charge is 0.365 e. The summed E-state index contributed by atoms with van der Waals surface area (Å²) >= 11 is 0. The van der Waals surface area contributed by atoms with E-state index in [1.807, 2.05) is 24.3 Å². The highest BCUT2D eigenvalue weighted by atomic mass is 35.5. The van der Waals surface area contributed by atoms with E-state index in [0.29, 0.717) is 16.8 Å². The van der Waals surface area contributed by atoms with Crippen LogP contribution in [0.3, 0.4) is 0 Å². The zero-order valence-electron chi connectivity index (χ0n) is 15.1. The lowest BCUT2D eigenvalue weighted by Crippen LogP contribution is -2.50. The molecule has 0 spiro atoms. The van der Waals surface area contributed by atoms with Crippen molar-refractivity contribution in [3.05, 3.63) is 48.0 Å². The number of furan rings is 1. The molecule has 1 fully saturated rings. The third kappa shape index (κ3) is 3.31. The predicted octanol–water partition coefficient (Wildman–Crippen LogP) is 1.58. The van der Waals surface area contributed by atoms with Gasteiger partial charge in [-0.15, -0.1) is 12.4 Å². The normalized spacial score (nSPS) is 20.7. The summed E-state index contributed by atoms with van der Waals surface area (Å²) in [4.78, 5) is 25.5. The van der Waals surface area contributed by atoms with Crippen molar-refractivity contribution in [1.29, 1.82) is 0 Å². The zero-order chi connectivity index (χ0) is 18.2. The highest BCUT2D eigenvalue weighted by Crippen LogP contribution is 2.25. The number of fused-ring (bicyclic) bond motifs is 1. The molecule has 0 aliphatic carbocycles. The van der Waals surface area contributed by atoms with Crippen LogP contribution in [0, 0.1) is 0 Å². The first-order valence-corrected chi connectivity index (χ1v) is 9.04. The molecule has 0 saturated carbocycles. The van der Waals surface area contributed by atoms with E-state index in [1.165, 1.54) is 0 Å². The van der Waals surface area contributed by atoms with E-state index < -0.39 is 5.97 Å². The van der Waals surface area contributed by atoms with E-state index in [2.05, 4.69) is 25.1 Å². The summed E-state index contributed by atoms with van der Waals surface area (Å²) in [5, 5.41) is 4.24. The Kier molecular flexibility index (Phi) is 4.95. The average Bonchev–Trinajstić information content (AvgIpc) is 3.43. The molecule has 28 heavy (non-hydrogen) atoms. The first-order valence-electron chi connectivity index (χ1n) is 9.04. The van der Waals surface area contributed by atoms with Crippen LogP contribution in [0.1, 0.15) is 5.56 Å². The van der Waals surface area contributed by atoms with Gasteiger partial charge in [-0.05, 0) is 12.1 Å². The molecule has 4 heterocycles. The topological polar surface area (TPSA) is 82.7 Å². The van der Waals surface area contributed by atoms with Crippen LogP contribution in [-0.4, -0.2) is 66.9 Å². The molecule has 1 N–H and O–H groups in total. The lowest BCUT2D eigenvalue weighted by molar-refractivity contribution is -0.130. The molecule has 9 heteroatoms. The minimum Gasteiger partial charge on any atom is -0.464 e. The molecule has 3 aliphatic heterocycles. The van der Waals surface area contributed by atoms with Crippen LogP contribution in [0.15, 0.2) is 56.8 Å². The Bertz CT molecular complexity index is 988. The van der Waals surface area contributed by atoms with Gasteiger partial charge in [0.15, 0.2) is 11.7 Å². The fourth-order valence-electron chi connectivity index (χ4n) is 3.51. The van der Waals surface area contributed by atoms with Crippen molar-refractivity contribution in [2.24, 2.45) is 9.98 Å². The maximum Gasteiger partial charge on any atom is 0.365 e. The molecule has 1 aromatic heterocycles. The van der Waals surface area contributed by atoms with Gasteiger partial charge in [0.05, 0.1) is 18.4 Å². The number of para-hydroxylation sites is 1. The number of piperazine rings is 1. The van der Waals surface area contributed by atoms with E-state index in [-0.39, 0.29) is 18.3 Å². The fourth-order valence-corrected chi connectivity index (χ4v) is 3.51. The molecule has 0 radical (unpaired) electrons. The van der Waals surface area contributed by atoms with Crippen molar-refractivity contribution in [1.82, 2.24) is 15.1 Å². The van der Waals surface area contributed by atoms with Gasteiger partial charge in [0, 0.05) is 44.3 Å². The molecule has 0 unspecified atom stereocenters. The van der Waals surface area contributed by atoms with Gasteiger partial charge < -0.3 is 24.3 Å². The molecular weight excluding hydrogens is 382 g/mol. The van der Waals surface area contributed by atoms with Crippen molar-refractivity contribution in [3.63, 3.8) is 0 Å². The molecule has 1 aromatic carbocycles. The number of ether oxygens (including phenoxy) is 1. The molecule has 0 amide bonds. The number of esters is 1. The van der Waals surface area contributed by atoms with Crippen LogP contribution in [0.4, 0.5) is 0 Å². The van der Waals surface area contributed by atoms with Crippen molar-refractivity contribution in [2.45, 2.75) is 0 Å². The molecule has 8 nitrogen and oxygen atoms in total. The highest BCUT2D eigenvalue weighted by molar-refractivity contribution is 6.15. The lowest BCUT2D eigenvalue weighted by Gasteiger charge is -2.35. The van der Waals surface area contributed by atoms with Crippen molar-refractivity contribution >= 4 is 41.2 Å². The van der Waals surface area contributed by atoms with Crippen molar-refractivity contribution in [3.8, 4) is 0 Å². The summed E-state index contributed by atoms with van der Waals surface area (Å²) in [7, 11) is 0. The van der Waals surface area contributed by atoms with E-state index in [1.54, 1.807) is 12.5 Å². The Morgan fingerprint density at radius 2 is 2.00 bits per heavy atom. The van der Waals surface area contributed by atoms with Gasteiger partial charge in [0.1, 0.15) is 5.58 Å². The second kappa shape index (κ2) is 7.55. The quantitative estimate of drug-likeness (QED) is 0.607. The maximum absolute atomic E-state index is 12.3. The summed E-state index contributed by atoms with van der Waals surface area (Å²) in [6, 6.07) is 7.55. The van der Waals surface area contributed by atoms with Gasteiger partial charge in [-0.25, -0.2) is 9.79 Å². The number of aliphatic imine (C=N–C) groups is 2. The number of hydrogen-bond donors (Lipinski definition) is 1.